The number of carboxylic acids is 1. The third-order valence-electron chi connectivity index (χ3n) is 7.39. The number of fused-ring (bicyclic) bond motifs is 1. The molecule has 0 aliphatic heterocycles. The van der Waals surface area contributed by atoms with Gasteiger partial charge in [-0.2, -0.15) is 0 Å². The highest BCUT2D eigenvalue weighted by Gasteiger charge is 2.28. The molecule has 40 heavy (non-hydrogen) atoms. The van der Waals surface area contributed by atoms with Crippen LogP contribution in [0.5, 0.6) is 0 Å². The van der Waals surface area contributed by atoms with Gasteiger partial charge in [0.15, 0.2) is 0 Å². The molecule has 5 nitrogen and oxygen atoms in total. The lowest BCUT2D eigenvalue weighted by Crippen LogP contribution is -2.46. The van der Waals surface area contributed by atoms with Crippen LogP contribution in [0.2, 0.25) is 5.02 Å². The lowest BCUT2D eigenvalue weighted by atomic mass is 9.88. The van der Waals surface area contributed by atoms with E-state index in [0.29, 0.717) is 29.6 Å². The SMILES string of the molecule is CN(C[C@H](O)CNC(C)(C)CC1Cc2ccccc2C1)Sc1ccc(-c2ccc(F)cc2CCC(=O)O)c(Cl)c1. The fourth-order valence-corrected chi connectivity index (χ4v) is 6.86. The van der Waals surface area contributed by atoms with Crippen molar-refractivity contribution in [2.45, 2.75) is 62.5 Å². The number of benzene rings is 3. The van der Waals surface area contributed by atoms with Crippen LogP contribution in [0, 0.1) is 11.7 Å². The standard InChI is InChI=1S/C32H38ClFN2O3S/c1-32(2,18-21-14-22-6-4-5-7-23(22)15-21)35-19-26(37)20-36(3)40-27-10-12-29(30(33)17-27)28-11-9-25(34)16-24(28)8-13-31(38)39/h4-7,9-12,16-17,21,26,35,37H,8,13-15,18-20H2,1-3H3,(H,38,39)/t26-/m1/s1. The first-order valence-corrected chi connectivity index (χ1v) is 14.8. The number of nitrogens with one attached hydrogen (secondary N) is 1. The van der Waals surface area contributed by atoms with Gasteiger partial charge in [0.05, 0.1) is 6.10 Å². The number of aliphatic hydroxyl groups is 1. The van der Waals surface area contributed by atoms with Gasteiger partial charge in [0.1, 0.15) is 5.82 Å². The summed E-state index contributed by atoms with van der Waals surface area (Å²) in [6.45, 7) is 5.39. The maximum Gasteiger partial charge on any atom is 0.303 e. The van der Waals surface area contributed by atoms with E-state index in [4.69, 9.17) is 16.7 Å². The summed E-state index contributed by atoms with van der Waals surface area (Å²) in [7, 11) is 1.93. The van der Waals surface area contributed by atoms with Gasteiger partial charge in [0.25, 0.3) is 0 Å². The molecular formula is C32H38ClFN2O3S. The largest absolute Gasteiger partial charge is 0.481 e. The lowest BCUT2D eigenvalue weighted by molar-refractivity contribution is -0.136. The Morgan fingerprint density at radius 2 is 1.80 bits per heavy atom. The number of β-amino-alcohol motifs (C(OH)–C–C–N with tert-alkyl or cyclic N) is 1. The predicted molar refractivity (Wildman–Crippen MR) is 161 cm³/mol. The van der Waals surface area contributed by atoms with Crippen LogP contribution in [0.1, 0.15) is 43.4 Å². The van der Waals surface area contributed by atoms with Gasteiger partial charge < -0.3 is 15.5 Å². The van der Waals surface area contributed by atoms with Gasteiger partial charge in [-0.05, 0) is 111 Å². The van der Waals surface area contributed by atoms with E-state index >= 15 is 0 Å². The molecule has 0 saturated heterocycles. The van der Waals surface area contributed by atoms with E-state index in [1.807, 2.05) is 29.6 Å². The van der Waals surface area contributed by atoms with Crippen molar-refractivity contribution in [2.75, 3.05) is 20.1 Å². The summed E-state index contributed by atoms with van der Waals surface area (Å²) >= 11 is 8.11. The molecule has 0 radical (unpaired) electrons. The first-order valence-electron chi connectivity index (χ1n) is 13.7. The highest BCUT2D eigenvalue weighted by atomic mass is 35.5. The van der Waals surface area contributed by atoms with Crippen molar-refractivity contribution in [2.24, 2.45) is 5.92 Å². The molecule has 0 unspecified atom stereocenters. The smallest absolute Gasteiger partial charge is 0.303 e. The van der Waals surface area contributed by atoms with E-state index in [1.165, 1.54) is 35.2 Å². The Balaban J connectivity index is 1.28. The number of aliphatic hydroxyl groups excluding tert-OH is 1. The number of aryl methyl sites for hydroxylation is 1. The van der Waals surface area contributed by atoms with Crippen molar-refractivity contribution in [1.82, 2.24) is 9.62 Å². The summed E-state index contributed by atoms with van der Waals surface area (Å²) in [4.78, 5) is 12.0. The molecule has 0 bridgehead atoms. The van der Waals surface area contributed by atoms with Crippen LogP contribution >= 0.6 is 23.5 Å². The number of carboxylic acid groups (broad SMARTS) is 1. The third kappa shape index (κ3) is 8.54. The molecule has 214 valence electrons. The summed E-state index contributed by atoms with van der Waals surface area (Å²) in [5, 5.41) is 23.9. The number of hydrogen-bond acceptors (Lipinski definition) is 5. The van der Waals surface area contributed by atoms with E-state index in [2.05, 4.69) is 43.4 Å². The predicted octanol–water partition coefficient (Wildman–Crippen LogP) is 6.64. The van der Waals surface area contributed by atoms with E-state index in [1.54, 1.807) is 6.07 Å². The van der Waals surface area contributed by atoms with E-state index in [0.717, 1.165) is 35.3 Å². The monoisotopic (exact) mass is 584 g/mol. The second kappa shape index (κ2) is 13.5. The van der Waals surface area contributed by atoms with Gasteiger partial charge in [-0.25, -0.2) is 8.70 Å². The van der Waals surface area contributed by atoms with E-state index in [9.17, 15) is 14.3 Å². The van der Waals surface area contributed by atoms with Gasteiger partial charge in [-0.3, -0.25) is 4.79 Å². The quantitative estimate of drug-likeness (QED) is 0.196. The Hall–Kier alpha value is -2.42. The van der Waals surface area contributed by atoms with Crippen LogP contribution in [0.25, 0.3) is 11.1 Å². The number of rotatable bonds is 13. The Bertz CT molecular complexity index is 1310. The van der Waals surface area contributed by atoms with Crippen LogP contribution < -0.4 is 5.32 Å². The molecule has 0 fully saturated rings. The highest BCUT2D eigenvalue weighted by Crippen LogP contribution is 2.35. The number of halogens is 2. The Morgan fingerprint density at radius 1 is 1.12 bits per heavy atom. The Labute approximate surface area is 245 Å². The fraction of sp³-hybridized carbons (Fsp3) is 0.406. The zero-order chi connectivity index (χ0) is 28.9. The minimum Gasteiger partial charge on any atom is -0.481 e. The summed E-state index contributed by atoms with van der Waals surface area (Å²) in [6, 6.07) is 18.7. The molecule has 0 amide bonds. The van der Waals surface area contributed by atoms with Crippen molar-refractivity contribution in [3.05, 3.63) is 88.2 Å². The molecule has 3 N–H and O–H groups in total. The lowest BCUT2D eigenvalue weighted by Gasteiger charge is -2.31. The number of aliphatic carboxylic acids is 1. The number of hydrogen-bond donors (Lipinski definition) is 3. The Morgan fingerprint density at radius 3 is 2.45 bits per heavy atom. The van der Waals surface area contributed by atoms with Crippen LogP contribution in [0.3, 0.4) is 0 Å². The van der Waals surface area contributed by atoms with Gasteiger partial charge in [0, 0.05) is 40.5 Å². The topological polar surface area (TPSA) is 72.8 Å². The van der Waals surface area contributed by atoms with Gasteiger partial charge in [-0.15, -0.1) is 0 Å². The molecule has 0 aromatic heterocycles. The summed E-state index contributed by atoms with van der Waals surface area (Å²) in [5.41, 5.74) is 4.91. The van der Waals surface area contributed by atoms with Crippen molar-refractivity contribution in [1.29, 1.82) is 0 Å². The molecule has 1 atom stereocenters. The molecular weight excluding hydrogens is 547 g/mol. The minimum absolute atomic E-state index is 0.0770. The second-order valence-corrected chi connectivity index (χ2v) is 13.1. The first-order chi connectivity index (χ1) is 19.0. The van der Waals surface area contributed by atoms with Crippen molar-refractivity contribution < 1.29 is 19.4 Å². The molecule has 3 aromatic rings. The highest BCUT2D eigenvalue weighted by molar-refractivity contribution is 7.97. The number of carbonyl (C=O) groups is 1. The van der Waals surface area contributed by atoms with Crippen molar-refractivity contribution >= 4 is 29.5 Å². The molecule has 0 spiro atoms. The number of likely N-dealkylation sites (N-methyl/N-ethyl adjacent to an activating group) is 1. The normalized spacial score (nSPS) is 14.5. The molecule has 3 aromatic carbocycles. The second-order valence-electron chi connectivity index (χ2n) is 11.4. The number of nitrogens with zero attached hydrogens (tertiary/aromatic N) is 1. The first kappa shape index (κ1) is 30.5. The summed E-state index contributed by atoms with van der Waals surface area (Å²) in [6.07, 6.45) is 2.88. The molecule has 0 heterocycles. The molecule has 4 rings (SSSR count). The minimum atomic E-state index is -0.933. The maximum absolute atomic E-state index is 13.8. The molecule has 1 aliphatic carbocycles. The van der Waals surface area contributed by atoms with E-state index in [-0.39, 0.29) is 18.4 Å². The average molecular weight is 585 g/mol. The van der Waals surface area contributed by atoms with E-state index < -0.39 is 17.9 Å². The van der Waals surface area contributed by atoms with Gasteiger partial charge in [-0.1, -0.05) is 48.0 Å². The zero-order valence-electron chi connectivity index (χ0n) is 23.3. The fourth-order valence-electron chi connectivity index (χ4n) is 5.61. The molecule has 8 heteroatoms. The maximum atomic E-state index is 13.8. The van der Waals surface area contributed by atoms with Crippen LogP contribution in [0.15, 0.2) is 65.6 Å². The molecule has 0 saturated carbocycles. The third-order valence-corrected chi connectivity index (χ3v) is 8.62. The average Bonchev–Trinajstić information content (AvgIpc) is 3.28. The van der Waals surface area contributed by atoms with Crippen LogP contribution in [-0.2, 0) is 24.1 Å². The summed E-state index contributed by atoms with van der Waals surface area (Å²) in [5.74, 6) is -0.724. The van der Waals surface area contributed by atoms with Crippen LogP contribution in [0.4, 0.5) is 4.39 Å². The van der Waals surface area contributed by atoms with Crippen molar-refractivity contribution in [3.8, 4) is 11.1 Å². The summed E-state index contributed by atoms with van der Waals surface area (Å²) < 4.78 is 15.8. The van der Waals surface area contributed by atoms with Crippen LogP contribution in [-0.4, -0.2) is 52.3 Å². The van der Waals surface area contributed by atoms with Gasteiger partial charge >= 0.3 is 5.97 Å². The van der Waals surface area contributed by atoms with Gasteiger partial charge in [0.2, 0.25) is 0 Å². The zero-order valence-corrected chi connectivity index (χ0v) is 24.9. The Kier molecular flexibility index (Phi) is 10.3. The molecule has 1 aliphatic rings. The van der Waals surface area contributed by atoms with Crippen molar-refractivity contribution in [3.63, 3.8) is 0 Å².